The smallest absolute Gasteiger partial charge is 0.0705 e. The molecule has 0 N–H and O–H groups in total. The first-order valence-corrected chi connectivity index (χ1v) is 15.4. The van der Waals surface area contributed by atoms with Crippen molar-refractivity contribution in [2.75, 3.05) is 6.61 Å². The first-order valence-electron chi connectivity index (χ1n) is 13.3. The Hall–Kier alpha value is 0.390. The molecule has 0 saturated heterocycles. The van der Waals surface area contributed by atoms with Gasteiger partial charge in [-0.25, -0.2) is 0 Å². The van der Waals surface area contributed by atoms with Gasteiger partial charge in [-0.05, 0) is 103 Å². The van der Waals surface area contributed by atoms with Gasteiger partial charge in [0.05, 0.1) is 22.6 Å². The SMILES string of the molecule is C1CCC([P+](C2CCCCC2)(C2CCCCC2)C2CCCCC2)CC1.CC[O-]. The molecule has 1 nitrogen and oxygen atoms in total. The van der Waals surface area contributed by atoms with Gasteiger partial charge >= 0.3 is 0 Å². The molecule has 0 aromatic heterocycles. The van der Waals surface area contributed by atoms with Gasteiger partial charge in [0.1, 0.15) is 0 Å². The van der Waals surface area contributed by atoms with Crippen LogP contribution in [-0.4, -0.2) is 29.2 Å². The molecule has 0 heterocycles. The van der Waals surface area contributed by atoms with Crippen LogP contribution in [0, 0.1) is 0 Å². The van der Waals surface area contributed by atoms with Gasteiger partial charge in [0.15, 0.2) is 0 Å². The maximum absolute atomic E-state index is 8.93. The molecular weight excluding hydrogens is 359 g/mol. The van der Waals surface area contributed by atoms with Crippen LogP contribution in [0.2, 0.25) is 0 Å². The number of hydrogen-bond donors (Lipinski definition) is 0. The molecule has 0 atom stereocenters. The molecular formula is C26H49OP. The fraction of sp³-hybridized carbons (Fsp3) is 1.00. The van der Waals surface area contributed by atoms with Gasteiger partial charge in [0, 0.05) is 7.26 Å². The standard InChI is InChI=1S/C24H44P.C2H5O/c1-5-13-21(14-6-1)25(22-15-7-2-8-16-22,23-17-9-3-10-18-23)24-19-11-4-12-20-24;1-2-3/h21-24H,1-20H2;2H2,1H3/q+1;-1. The molecule has 0 amide bonds. The van der Waals surface area contributed by atoms with Gasteiger partial charge < -0.3 is 5.11 Å². The lowest BCUT2D eigenvalue weighted by Gasteiger charge is -2.53. The van der Waals surface area contributed by atoms with Crippen LogP contribution in [0.1, 0.15) is 135 Å². The minimum atomic E-state index is -0.798. The average Bonchev–Trinajstić information content (AvgIpc) is 2.78. The minimum Gasteiger partial charge on any atom is -0.855 e. The van der Waals surface area contributed by atoms with Crippen LogP contribution in [0.3, 0.4) is 0 Å². The quantitative estimate of drug-likeness (QED) is 0.437. The Morgan fingerprint density at radius 3 is 0.821 bits per heavy atom. The molecule has 4 rings (SSSR count). The van der Waals surface area contributed by atoms with Crippen LogP contribution in [0.15, 0.2) is 0 Å². The predicted molar refractivity (Wildman–Crippen MR) is 125 cm³/mol. The van der Waals surface area contributed by atoms with Gasteiger partial charge in [-0.1, -0.05) is 32.6 Å². The molecule has 0 radical (unpaired) electrons. The minimum absolute atomic E-state index is 0. The zero-order chi connectivity index (χ0) is 19.7. The zero-order valence-electron chi connectivity index (χ0n) is 19.0. The van der Waals surface area contributed by atoms with E-state index in [1.807, 2.05) is 0 Å². The van der Waals surface area contributed by atoms with Gasteiger partial charge in [0.2, 0.25) is 0 Å². The van der Waals surface area contributed by atoms with E-state index in [1.165, 1.54) is 22.6 Å². The zero-order valence-corrected chi connectivity index (χ0v) is 19.9. The number of hydrogen-bond acceptors (Lipinski definition) is 1. The first kappa shape index (κ1) is 23.1. The van der Waals surface area contributed by atoms with E-state index in [4.69, 9.17) is 5.11 Å². The molecule has 0 bridgehead atoms. The summed E-state index contributed by atoms with van der Waals surface area (Å²) >= 11 is 0. The summed E-state index contributed by atoms with van der Waals surface area (Å²) in [5, 5.41) is 8.93. The van der Waals surface area contributed by atoms with Crippen LogP contribution in [0.25, 0.3) is 0 Å². The number of rotatable bonds is 4. The van der Waals surface area contributed by atoms with Gasteiger partial charge in [-0.15, -0.1) is 6.61 Å². The lowest BCUT2D eigenvalue weighted by atomic mass is 9.98. The van der Waals surface area contributed by atoms with Gasteiger partial charge in [-0.3, -0.25) is 0 Å². The molecule has 0 aromatic rings. The molecule has 2 heteroatoms. The average molecular weight is 409 g/mol. The lowest BCUT2D eigenvalue weighted by molar-refractivity contribution is -0.361. The van der Waals surface area contributed by atoms with Crippen molar-refractivity contribution in [2.24, 2.45) is 0 Å². The second-order valence-electron chi connectivity index (χ2n) is 10.4. The molecule has 0 unspecified atom stereocenters. The summed E-state index contributed by atoms with van der Waals surface area (Å²) in [5.74, 6) is 0. The molecule has 4 saturated carbocycles. The van der Waals surface area contributed by atoms with Crippen LogP contribution in [0.5, 0.6) is 0 Å². The molecule has 0 aliphatic heterocycles. The Labute approximate surface area is 177 Å². The molecule has 164 valence electrons. The van der Waals surface area contributed by atoms with Crippen LogP contribution < -0.4 is 5.11 Å². The lowest BCUT2D eigenvalue weighted by Crippen LogP contribution is -2.42. The molecule has 0 aromatic carbocycles. The van der Waals surface area contributed by atoms with Crippen molar-refractivity contribution < 1.29 is 5.11 Å². The van der Waals surface area contributed by atoms with E-state index in [0.29, 0.717) is 0 Å². The Balaban J connectivity index is 0.000000706. The normalized spacial score (nSPS) is 27.2. The highest BCUT2D eigenvalue weighted by molar-refractivity contribution is 7.78. The molecule has 4 aliphatic rings. The third-order valence-corrected chi connectivity index (χ3v) is 16.0. The van der Waals surface area contributed by atoms with E-state index in [9.17, 15) is 0 Å². The van der Waals surface area contributed by atoms with Crippen LogP contribution in [0.4, 0.5) is 0 Å². The predicted octanol–water partition coefficient (Wildman–Crippen LogP) is 7.70. The second kappa shape index (κ2) is 12.3. The van der Waals surface area contributed by atoms with Crippen molar-refractivity contribution in [3.05, 3.63) is 0 Å². The second-order valence-corrected chi connectivity index (χ2v) is 15.1. The Kier molecular flexibility index (Phi) is 10.1. The summed E-state index contributed by atoms with van der Waals surface area (Å²) in [6.07, 6.45) is 32.1. The summed E-state index contributed by atoms with van der Waals surface area (Å²) < 4.78 is 0. The van der Waals surface area contributed by atoms with Gasteiger partial charge in [-0.2, -0.15) is 0 Å². The third-order valence-electron chi connectivity index (χ3n) is 8.83. The van der Waals surface area contributed by atoms with E-state index in [2.05, 4.69) is 0 Å². The van der Waals surface area contributed by atoms with Crippen molar-refractivity contribution in [2.45, 2.75) is 158 Å². The van der Waals surface area contributed by atoms with E-state index in [1.54, 1.807) is 135 Å². The van der Waals surface area contributed by atoms with Gasteiger partial charge in [0.25, 0.3) is 0 Å². The van der Waals surface area contributed by atoms with Crippen molar-refractivity contribution in [1.29, 1.82) is 0 Å². The molecule has 0 spiro atoms. The maximum atomic E-state index is 8.93. The monoisotopic (exact) mass is 408 g/mol. The first-order chi connectivity index (χ1) is 13.8. The van der Waals surface area contributed by atoms with Crippen molar-refractivity contribution >= 4 is 7.26 Å². The highest BCUT2D eigenvalue weighted by Crippen LogP contribution is 2.81. The maximum Gasteiger partial charge on any atom is 0.0705 e. The van der Waals surface area contributed by atoms with Crippen molar-refractivity contribution in [3.8, 4) is 0 Å². The molecule has 28 heavy (non-hydrogen) atoms. The van der Waals surface area contributed by atoms with E-state index >= 15 is 0 Å². The summed E-state index contributed by atoms with van der Waals surface area (Å²) in [6, 6.07) is 0. The third kappa shape index (κ3) is 5.35. The summed E-state index contributed by atoms with van der Waals surface area (Å²) in [4.78, 5) is 0. The summed E-state index contributed by atoms with van der Waals surface area (Å²) in [6.45, 7) is 1.57. The Morgan fingerprint density at radius 1 is 0.464 bits per heavy atom. The Bertz CT molecular complexity index is 321. The largest absolute Gasteiger partial charge is 0.855 e. The fourth-order valence-corrected chi connectivity index (χ4v) is 16.5. The van der Waals surface area contributed by atoms with E-state index < -0.39 is 7.26 Å². The van der Waals surface area contributed by atoms with Crippen LogP contribution in [-0.2, 0) is 0 Å². The Morgan fingerprint density at radius 2 is 0.643 bits per heavy atom. The summed E-state index contributed by atoms with van der Waals surface area (Å²) in [5.41, 5.74) is 4.87. The molecule has 4 aliphatic carbocycles. The highest BCUT2D eigenvalue weighted by Gasteiger charge is 2.61. The fourth-order valence-electron chi connectivity index (χ4n) is 7.90. The van der Waals surface area contributed by atoms with Crippen molar-refractivity contribution in [1.82, 2.24) is 0 Å². The van der Waals surface area contributed by atoms with Crippen LogP contribution >= 0.6 is 7.26 Å². The molecule has 4 fully saturated rings. The highest BCUT2D eigenvalue weighted by atomic mass is 31.2. The van der Waals surface area contributed by atoms with Crippen molar-refractivity contribution in [3.63, 3.8) is 0 Å². The van der Waals surface area contributed by atoms with E-state index in [0.717, 1.165) is 0 Å². The van der Waals surface area contributed by atoms with E-state index in [-0.39, 0.29) is 6.61 Å². The summed E-state index contributed by atoms with van der Waals surface area (Å²) in [7, 11) is -0.798. The topological polar surface area (TPSA) is 23.1 Å².